The van der Waals surface area contributed by atoms with Gasteiger partial charge in [-0.05, 0) is 41.3 Å². The van der Waals surface area contributed by atoms with Crippen LogP contribution in [0.3, 0.4) is 0 Å². The van der Waals surface area contributed by atoms with Gasteiger partial charge in [-0.15, -0.1) is 0 Å². The van der Waals surface area contributed by atoms with E-state index in [0.717, 1.165) is 22.0 Å². The molecule has 3 aromatic carbocycles. The number of nitrogens with one attached hydrogen (secondary N) is 4. The van der Waals surface area contributed by atoms with Crippen LogP contribution in [0.2, 0.25) is 0 Å². The molecule has 6 rings (SSSR count). The minimum atomic E-state index is -0.779. The molecule has 4 aromatic rings. The van der Waals surface area contributed by atoms with Gasteiger partial charge in [-0.1, -0.05) is 42.5 Å². The molecule has 0 radical (unpaired) electrons. The Bertz CT molecular complexity index is 1460. The van der Waals surface area contributed by atoms with Crippen molar-refractivity contribution < 1.29 is 19.1 Å². The molecule has 0 spiro atoms. The second-order valence-electron chi connectivity index (χ2n) is 9.38. The summed E-state index contributed by atoms with van der Waals surface area (Å²) in [5.41, 5.74) is 4.87. The Morgan fingerprint density at radius 1 is 0.946 bits per heavy atom. The van der Waals surface area contributed by atoms with Crippen molar-refractivity contribution in [3.05, 3.63) is 89.6 Å². The summed E-state index contributed by atoms with van der Waals surface area (Å²) in [6, 6.07) is 20.1. The molecule has 8 heteroatoms. The van der Waals surface area contributed by atoms with Gasteiger partial charge in [-0.25, -0.2) is 0 Å². The number of amides is 2. The van der Waals surface area contributed by atoms with Crippen LogP contribution in [0, 0.1) is 0 Å². The second kappa shape index (κ2) is 9.99. The topological polar surface area (TPSA) is 104 Å². The van der Waals surface area contributed by atoms with E-state index in [1.54, 1.807) is 18.2 Å². The van der Waals surface area contributed by atoms with Crippen molar-refractivity contribution >= 4 is 28.4 Å². The lowest BCUT2D eigenvalue weighted by atomic mass is 9.95. The minimum Gasteiger partial charge on any atom is -0.486 e. The molecular weight excluding hydrogens is 468 g/mol. The van der Waals surface area contributed by atoms with Crippen molar-refractivity contribution in [1.29, 1.82) is 0 Å². The third-order valence-electron chi connectivity index (χ3n) is 6.94. The van der Waals surface area contributed by atoms with E-state index in [1.807, 2.05) is 42.6 Å². The number of aromatic amines is 1. The molecule has 2 amide bonds. The molecule has 188 valence electrons. The Balaban J connectivity index is 1.23. The van der Waals surface area contributed by atoms with Crippen LogP contribution >= 0.6 is 0 Å². The lowest BCUT2D eigenvalue weighted by Crippen LogP contribution is -2.53. The molecule has 0 saturated carbocycles. The van der Waals surface area contributed by atoms with Crippen molar-refractivity contribution in [1.82, 2.24) is 15.6 Å². The molecule has 0 aliphatic carbocycles. The normalized spacial score (nSPS) is 17.0. The quantitative estimate of drug-likeness (QED) is 0.328. The third-order valence-corrected chi connectivity index (χ3v) is 6.94. The number of aromatic nitrogens is 1. The lowest BCUT2D eigenvalue weighted by Gasteiger charge is -2.27. The number of H-pyrrole nitrogens is 1. The Hall–Kier alpha value is -4.30. The van der Waals surface area contributed by atoms with Crippen LogP contribution in [0.4, 0.5) is 5.69 Å². The number of carbonyl (C=O) groups is 2. The van der Waals surface area contributed by atoms with E-state index in [4.69, 9.17) is 9.47 Å². The van der Waals surface area contributed by atoms with Crippen molar-refractivity contribution in [2.45, 2.75) is 31.5 Å². The number of hydrogen-bond acceptors (Lipinski definition) is 5. The van der Waals surface area contributed by atoms with E-state index in [9.17, 15) is 9.59 Å². The summed E-state index contributed by atoms with van der Waals surface area (Å²) in [5, 5.41) is 10.3. The van der Waals surface area contributed by atoms with Gasteiger partial charge in [-0.3, -0.25) is 9.59 Å². The van der Waals surface area contributed by atoms with E-state index in [2.05, 4.69) is 33.1 Å². The summed E-state index contributed by atoms with van der Waals surface area (Å²) in [6.45, 7) is 1.57. The number of rotatable bonds is 6. The second-order valence-corrected chi connectivity index (χ2v) is 9.38. The number of para-hydroxylation sites is 1. The predicted octanol–water partition coefficient (Wildman–Crippen LogP) is 3.32. The first kappa shape index (κ1) is 23.1. The maximum Gasteiger partial charge on any atom is 0.247 e. The van der Waals surface area contributed by atoms with Gasteiger partial charge in [0, 0.05) is 41.8 Å². The molecule has 0 fully saturated rings. The van der Waals surface area contributed by atoms with Gasteiger partial charge in [0.2, 0.25) is 11.8 Å². The SMILES string of the molecule is O=C(Nc1ccc2c(c1)OCCO2)[C@H](Cc1c[nH]c2ccccc12)NC(=O)[C@H]1Cc2ccccc2CN1. The lowest BCUT2D eigenvalue weighted by molar-refractivity contribution is -0.128. The van der Waals surface area contributed by atoms with E-state index < -0.39 is 12.1 Å². The van der Waals surface area contributed by atoms with Crippen LogP contribution in [-0.2, 0) is 29.0 Å². The summed E-state index contributed by atoms with van der Waals surface area (Å²) in [5.74, 6) is 0.742. The van der Waals surface area contributed by atoms with Crippen LogP contribution in [0.5, 0.6) is 11.5 Å². The highest BCUT2D eigenvalue weighted by Crippen LogP contribution is 2.32. The number of carbonyl (C=O) groups excluding carboxylic acids is 2. The Labute approximate surface area is 214 Å². The Kier molecular flexibility index (Phi) is 6.24. The zero-order valence-corrected chi connectivity index (χ0v) is 20.3. The maximum atomic E-state index is 13.5. The number of hydrogen-bond donors (Lipinski definition) is 4. The van der Waals surface area contributed by atoms with E-state index in [0.29, 0.717) is 49.8 Å². The highest BCUT2D eigenvalue weighted by Gasteiger charge is 2.29. The molecule has 3 heterocycles. The van der Waals surface area contributed by atoms with Gasteiger partial charge in [0.1, 0.15) is 19.3 Å². The maximum absolute atomic E-state index is 13.5. The van der Waals surface area contributed by atoms with Crippen LogP contribution in [0.15, 0.2) is 72.9 Å². The van der Waals surface area contributed by atoms with Crippen molar-refractivity contribution in [3.8, 4) is 11.5 Å². The molecule has 1 aromatic heterocycles. The first-order chi connectivity index (χ1) is 18.1. The van der Waals surface area contributed by atoms with Gasteiger partial charge in [0.05, 0.1) is 6.04 Å². The van der Waals surface area contributed by atoms with Crippen LogP contribution in [0.1, 0.15) is 16.7 Å². The van der Waals surface area contributed by atoms with Crippen molar-refractivity contribution in [2.75, 3.05) is 18.5 Å². The molecule has 37 heavy (non-hydrogen) atoms. The molecule has 0 unspecified atom stereocenters. The largest absolute Gasteiger partial charge is 0.486 e. The zero-order valence-electron chi connectivity index (χ0n) is 20.3. The molecule has 8 nitrogen and oxygen atoms in total. The first-order valence-electron chi connectivity index (χ1n) is 12.5. The van der Waals surface area contributed by atoms with Crippen molar-refractivity contribution in [2.24, 2.45) is 0 Å². The molecule has 2 aliphatic heterocycles. The molecular formula is C29H28N4O4. The summed E-state index contributed by atoms with van der Waals surface area (Å²) in [4.78, 5) is 30.1. The minimum absolute atomic E-state index is 0.198. The Morgan fingerprint density at radius 2 is 1.73 bits per heavy atom. The molecule has 0 saturated heterocycles. The summed E-state index contributed by atoms with van der Waals surface area (Å²) in [6.07, 6.45) is 2.82. The highest BCUT2D eigenvalue weighted by molar-refractivity contribution is 5.99. The predicted molar refractivity (Wildman–Crippen MR) is 141 cm³/mol. The fourth-order valence-electron chi connectivity index (χ4n) is 4.99. The average Bonchev–Trinajstić information content (AvgIpc) is 3.35. The number of fused-ring (bicyclic) bond motifs is 3. The van der Waals surface area contributed by atoms with Gasteiger partial charge in [0.25, 0.3) is 0 Å². The highest BCUT2D eigenvalue weighted by atomic mass is 16.6. The fraction of sp³-hybridized carbons (Fsp3) is 0.241. The van der Waals surface area contributed by atoms with Crippen LogP contribution in [0.25, 0.3) is 10.9 Å². The molecule has 2 aliphatic rings. The van der Waals surface area contributed by atoms with E-state index in [-0.39, 0.29) is 11.8 Å². The number of ether oxygens (including phenoxy) is 2. The molecule has 0 bridgehead atoms. The van der Waals surface area contributed by atoms with Gasteiger partial charge in [-0.2, -0.15) is 0 Å². The van der Waals surface area contributed by atoms with Gasteiger partial charge < -0.3 is 30.4 Å². The Morgan fingerprint density at radius 3 is 2.62 bits per heavy atom. The van der Waals surface area contributed by atoms with E-state index in [1.165, 1.54) is 5.56 Å². The first-order valence-corrected chi connectivity index (χ1v) is 12.5. The summed E-state index contributed by atoms with van der Waals surface area (Å²) < 4.78 is 11.2. The number of benzene rings is 3. The van der Waals surface area contributed by atoms with E-state index >= 15 is 0 Å². The number of anilines is 1. The smallest absolute Gasteiger partial charge is 0.247 e. The standard InChI is InChI=1S/C29H28N4O4/c34-28(24-13-18-5-1-2-6-19(18)16-31-24)33-25(14-20-17-30-23-8-4-3-7-22(20)23)29(35)32-21-9-10-26-27(15-21)37-12-11-36-26/h1-10,15,17,24-25,30-31H,11-14,16H2,(H,32,35)(H,33,34)/t24-,25+/m1/s1. The summed E-state index contributed by atoms with van der Waals surface area (Å²) in [7, 11) is 0. The third kappa shape index (κ3) is 4.88. The molecule has 4 N–H and O–H groups in total. The van der Waals surface area contributed by atoms with Crippen LogP contribution in [-0.4, -0.2) is 42.1 Å². The van der Waals surface area contributed by atoms with Gasteiger partial charge in [0.15, 0.2) is 11.5 Å². The summed E-state index contributed by atoms with van der Waals surface area (Å²) >= 11 is 0. The van der Waals surface area contributed by atoms with Crippen LogP contribution < -0.4 is 25.4 Å². The average molecular weight is 497 g/mol. The van der Waals surface area contributed by atoms with Crippen molar-refractivity contribution in [3.63, 3.8) is 0 Å². The van der Waals surface area contributed by atoms with Gasteiger partial charge >= 0.3 is 0 Å². The molecule has 2 atom stereocenters. The zero-order chi connectivity index (χ0) is 25.2. The fourth-order valence-corrected chi connectivity index (χ4v) is 4.99. The monoisotopic (exact) mass is 496 g/mol.